The second kappa shape index (κ2) is 3.93. The van der Waals surface area contributed by atoms with Crippen LogP contribution in [0.15, 0.2) is 18.2 Å². The molecular formula is C7H4BrClFNO2. The average molecular weight is 268 g/mol. The standard InChI is InChI=1S/C7H4BrClFNO2/c8-11(7(12)13)6-2-1-4(9)3-5(6)10/h1-3H,(H,12,13). The maximum Gasteiger partial charge on any atom is 0.422 e. The number of halogens is 3. The molecule has 0 aliphatic heterocycles. The molecule has 0 spiro atoms. The van der Waals surface area contributed by atoms with Crippen LogP contribution in [-0.4, -0.2) is 11.2 Å². The minimum absolute atomic E-state index is 0.100. The fraction of sp³-hybridized carbons (Fsp3) is 0. The number of hydrogen-bond acceptors (Lipinski definition) is 1. The van der Waals surface area contributed by atoms with Gasteiger partial charge in [-0.2, -0.15) is 0 Å². The number of rotatable bonds is 1. The Kier molecular flexibility index (Phi) is 3.11. The van der Waals surface area contributed by atoms with E-state index in [1.165, 1.54) is 12.1 Å². The predicted molar refractivity (Wildman–Crippen MR) is 50.8 cm³/mol. The van der Waals surface area contributed by atoms with E-state index in [1.54, 1.807) is 0 Å². The fourth-order valence-electron chi connectivity index (χ4n) is 0.744. The van der Waals surface area contributed by atoms with Crippen LogP contribution in [0.1, 0.15) is 0 Å². The second-order valence-corrected chi connectivity index (χ2v) is 3.30. The van der Waals surface area contributed by atoms with Crippen molar-refractivity contribution in [3.63, 3.8) is 0 Å². The van der Waals surface area contributed by atoms with Crippen LogP contribution in [0.3, 0.4) is 0 Å². The van der Waals surface area contributed by atoms with Gasteiger partial charge in [0.1, 0.15) is 5.82 Å². The lowest BCUT2D eigenvalue weighted by atomic mass is 10.3. The first kappa shape index (κ1) is 10.3. The molecule has 70 valence electrons. The Morgan fingerprint density at radius 1 is 1.62 bits per heavy atom. The van der Waals surface area contributed by atoms with Gasteiger partial charge >= 0.3 is 6.09 Å². The van der Waals surface area contributed by atoms with Crippen molar-refractivity contribution in [2.45, 2.75) is 0 Å². The van der Waals surface area contributed by atoms with Gasteiger partial charge in [0.2, 0.25) is 0 Å². The van der Waals surface area contributed by atoms with E-state index in [0.717, 1.165) is 6.07 Å². The molecule has 0 fully saturated rings. The summed E-state index contributed by atoms with van der Waals surface area (Å²) in [7, 11) is 0. The maximum atomic E-state index is 13.0. The smallest absolute Gasteiger partial charge is 0.422 e. The molecule has 0 aromatic heterocycles. The predicted octanol–water partition coefficient (Wildman–Crippen LogP) is 3.27. The molecule has 1 aromatic carbocycles. The third kappa shape index (κ3) is 2.32. The SMILES string of the molecule is O=C(O)N(Br)c1ccc(Cl)cc1F. The van der Waals surface area contributed by atoms with Crippen LogP contribution in [0.5, 0.6) is 0 Å². The summed E-state index contributed by atoms with van der Waals surface area (Å²) < 4.78 is 13.6. The molecular weight excluding hydrogens is 264 g/mol. The van der Waals surface area contributed by atoms with E-state index in [4.69, 9.17) is 16.7 Å². The number of anilines is 1. The van der Waals surface area contributed by atoms with Crippen molar-refractivity contribution in [2.75, 3.05) is 3.93 Å². The van der Waals surface area contributed by atoms with E-state index in [-0.39, 0.29) is 10.7 Å². The number of carbonyl (C=O) groups is 1. The highest BCUT2D eigenvalue weighted by Gasteiger charge is 2.15. The van der Waals surface area contributed by atoms with Crippen molar-refractivity contribution in [1.29, 1.82) is 0 Å². The minimum Gasteiger partial charge on any atom is -0.464 e. The molecule has 3 nitrogen and oxygen atoms in total. The van der Waals surface area contributed by atoms with E-state index in [9.17, 15) is 9.18 Å². The van der Waals surface area contributed by atoms with Gasteiger partial charge in [-0.05, 0) is 18.2 Å². The first-order chi connectivity index (χ1) is 6.02. The van der Waals surface area contributed by atoms with Crippen LogP contribution in [0.2, 0.25) is 5.02 Å². The lowest BCUT2D eigenvalue weighted by Gasteiger charge is -2.10. The Hall–Kier alpha value is -0.810. The molecule has 13 heavy (non-hydrogen) atoms. The van der Waals surface area contributed by atoms with Gasteiger partial charge in [-0.3, -0.25) is 0 Å². The van der Waals surface area contributed by atoms with Crippen LogP contribution >= 0.6 is 27.7 Å². The van der Waals surface area contributed by atoms with E-state index in [2.05, 4.69) is 16.1 Å². The van der Waals surface area contributed by atoms with E-state index in [1.807, 2.05) is 0 Å². The molecule has 0 atom stereocenters. The van der Waals surface area contributed by atoms with Gasteiger partial charge in [-0.25, -0.2) is 13.1 Å². The van der Waals surface area contributed by atoms with E-state index < -0.39 is 11.9 Å². The number of hydrogen-bond donors (Lipinski definition) is 1. The van der Waals surface area contributed by atoms with Gasteiger partial charge in [0.15, 0.2) is 0 Å². The number of carboxylic acid groups (broad SMARTS) is 1. The third-order valence-corrected chi connectivity index (χ3v) is 2.21. The first-order valence-corrected chi connectivity index (χ1v) is 4.25. The molecule has 0 heterocycles. The molecule has 0 unspecified atom stereocenters. The molecule has 0 radical (unpaired) electrons. The summed E-state index contributed by atoms with van der Waals surface area (Å²) in [6.07, 6.45) is -1.30. The molecule has 0 saturated heterocycles. The molecule has 1 rings (SSSR count). The fourth-order valence-corrected chi connectivity index (χ4v) is 1.19. The summed E-state index contributed by atoms with van der Waals surface area (Å²) >= 11 is 8.16. The highest BCUT2D eigenvalue weighted by atomic mass is 79.9. The van der Waals surface area contributed by atoms with Crippen LogP contribution in [-0.2, 0) is 0 Å². The molecule has 0 bridgehead atoms. The topological polar surface area (TPSA) is 40.5 Å². The van der Waals surface area contributed by atoms with Crippen molar-refractivity contribution in [2.24, 2.45) is 0 Å². The summed E-state index contributed by atoms with van der Waals surface area (Å²) in [5, 5.41) is 8.72. The van der Waals surface area contributed by atoms with Gasteiger partial charge in [-0.1, -0.05) is 11.6 Å². The molecule has 0 aliphatic rings. The van der Waals surface area contributed by atoms with Crippen LogP contribution in [0, 0.1) is 5.82 Å². The summed E-state index contributed by atoms with van der Waals surface area (Å²) in [6.45, 7) is 0. The normalized spacial score (nSPS) is 9.77. The summed E-state index contributed by atoms with van der Waals surface area (Å²) in [6, 6.07) is 3.70. The molecule has 0 saturated carbocycles. The number of amides is 1. The monoisotopic (exact) mass is 267 g/mol. The molecule has 1 N–H and O–H groups in total. The van der Waals surface area contributed by atoms with Gasteiger partial charge in [-0.15, -0.1) is 0 Å². The van der Waals surface area contributed by atoms with E-state index >= 15 is 0 Å². The van der Waals surface area contributed by atoms with Crippen molar-refractivity contribution in [1.82, 2.24) is 0 Å². The number of benzene rings is 1. The lowest BCUT2D eigenvalue weighted by Crippen LogP contribution is -2.17. The van der Waals surface area contributed by atoms with Crippen molar-refractivity contribution < 1.29 is 14.3 Å². The van der Waals surface area contributed by atoms with Crippen LogP contribution in [0.4, 0.5) is 14.9 Å². The zero-order chi connectivity index (χ0) is 10.0. The molecule has 1 amide bonds. The van der Waals surface area contributed by atoms with Gasteiger partial charge in [0, 0.05) is 5.02 Å². The van der Waals surface area contributed by atoms with Gasteiger partial charge in [0.05, 0.1) is 21.8 Å². The Labute approximate surface area is 87.1 Å². The summed E-state index contributed by atoms with van der Waals surface area (Å²) in [5.41, 5.74) is -0.100. The van der Waals surface area contributed by atoms with Gasteiger partial charge in [0.25, 0.3) is 0 Å². The molecule has 1 aromatic rings. The average Bonchev–Trinajstić information content (AvgIpc) is 2.03. The Bertz CT molecular complexity index is 347. The summed E-state index contributed by atoms with van der Waals surface area (Å²) in [4.78, 5) is 10.4. The Morgan fingerprint density at radius 2 is 2.23 bits per heavy atom. The van der Waals surface area contributed by atoms with Crippen LogP contribution in [0.25, 0.3) is 0 Å². The van der Waals surface area contributed by atoms with Crippen molar-refractivity contribution in [3.05, 3.63) is 29.0 Å². The van der Waals surface area contributed by atoms with E-state index in [0.29, 0.717) is 3.93 Å². The lowest BCUT2D eigenvalue weighted by molar-refractivity contribution is 0.206. The van der Waals surface area contributed by atoms with Gasteiger partial charge < -0.3 is 5.11 Å². The minimum atomic E-state index is -1.30. The Balaban J connectivity index is 3.08. The maximum absolute atomic E-state index is 13.0. The zero-order valence-electron chi connectivity index (χ0n) is 6.17. The summed E-state index contributed by atoms with van der Waals surface area (Å²) in [5.74, 6) is -0.702. The van der Waals surface area contributed by atoms with Crippen molar-refractivity contribution >= 4 is 39.5 Å². The Morgan fingerprint density at radius 3 is 2.69 bits per heavy atom. The molecule has 0 aliphatic carbocycles. The first-order valence-electron chi connectivity index (χ1n) is 3.16. The highest BCUT2D eigenvalue weighted by molar-refractivity contribution is 9.10. The second-order valence-electron chi connectivity index (χ2n) is 2.16. The van der Waals surface area contributed by atoms with Crippen molar-refractivity contribution in [3.8, 4) is 0 Å². The largest absolute Gasteiger partial charge is 0.464 e. The highest BCUT2D eigenvalue weighted by Crippen LogP contribution is 2.24. The third-order valence-electron chi connectivity index (χ3n) is 1.29. The molecule has 6 heteroatoms. The van der Waals surface area contributed by atoms with Crippen LogP contribution < -0.4 is 3.93 Å². The number of nitrogens with zero attached hydrogens (tertiary/aromatic N) is 1. The zero-order valence-corrected chi connectivity index (χ0v) is 8.51. The quantitative estimate of drug-likeness (QED) is 0.794.